The maximum absolute atomic E-state index is 3.39. The first-order valence-corrected chi connectivity index (χ1v) is 15.7. The summed E-state index contributed by atoms with van der Waals surface area (Å²) in [6, 6.07) is 49.0. The molecular formula is C41H38Cl2Zr. The van der Waals surface area contributed by atoms with Gasteiger partial charge in [0.15, 0.2) is 0 Å². The molecule has 3 heteroatoms. The van der Waals surface area contributed by atoms with Gasteiger partial charge in [0, 0.05) is 0 Å². The second-order valence-corrected chi connectivity index (χ2v) is 12.6. The summed E-state index contributed by atoms with van der Waals surface area (Å²) >= 11 is 1.46. The van der Waals surface area contributed by atoms with Crippen LogP contribution in [0.2, 0.25) is 0 Å². The number of hydrogen-bond donors (Lipinski definition) is 0. The van der Waals surface area contributed by atoms with Crippen molar-refractivity contribution in [1.29, 1.82) is 0 Å². The molecule has 7 rings (SSSR count). The van der Waals surface area contributed by atoms with Gasteiger partial charge in [-0.3, -0.25) is 0 Å². The minimum absolute atomic E-state index is 0. The molecular weight excluding hydrogens is 655 g/mol. The van der Waals surface area contributed by atoms with Crippen LogP contribution in [-0.2, 0) is 29.7 Å². The zero-order valence-electron chi connectivity index (χ0n) is 25.5. The first kappa shape index (κ1) is 35.3. The fraction of sp³-hybridized carbons (Fsp3) is 0.122. The van der Waals surface area contributed by atoms with Crippen molar-refractivity contribution in [2.24, 2.45) is 0 Å². The molecule has 0 aliphatic heterocycles. The number of halogens is 2. The van der Waals surface area contributed by atoms with Crippen molar-refractivity contribution >= 4 is 55.1 Å². The Bertz CT molecular complexity index is 1750. The van der Waals surface area contributed by atoms with Gasteiger partial charge in [0.05, 0.1) is 0 Å². The Morgan fingerprint density at radius 2 is 1.07 bits per heavy atom. The van der Waals surface area contributed by atoms with Gasteiger partial charge >= 0.3 is 99.2 Å². The van der Waals surface area contributed by atoms with E-state index in [2.05, 4.69) is 179 Å². The number of hydrogen-bond acceptors (Lipinski definition) is 0. The second-order valence-electron chi connectivity index (χ2n) is 11.4. The van der Waals surface area contributed by atoms with E-state index in [0.29, 0.717) is 0 Å². The summed E-state index contributed by atoms with van der Waals surface area (Å²) in [6.45, 7) is 6.77. The van der Waals surface area contributed by atoms with Crippen molar-refractivity contribution in [2.75, 3.05) is 0 Å². The molecule has 44 heavy (non-hydrogen) atoms. The molecule has 0 radical (unpaired) electrons. The summed E-state index contributed by atoms with van der Waals surface area (Å²) in [6.07, 6.45) is 8.68. The van der Waals surface area contributed by atoms with Gasteiger partial charge in [-0.15, -0.1) is 82.3 Å². The molecule has 0 unspecified atom stereocenters. The molecule has 220 valence electrons. The molecule has 0 N–H and O–H groups in total. The molecule has 6 aromatic carbocycles. The standard InChI is InChI=1S/C15H17.C13H9.C13H10.2ClH.Zr/c1-15(2,3)14-11-7-6-10-13(14)12-8-4-5-9-12;1-3-7-12-10(5-1)9-11-6-2-4-8-13(11)12;1-3-7-12(8-4-1)11-13-9-5-2-6-10-13;;;/h4,6-8,10-11H,5H2,1-3H3;1-9H;1-10H;2*1H;/q2*-1;;;;+2. The molecule has 0 atom stereocenters. The Morgan fingerprint density at radius 3 is 1.55 bits per heavy atom. The van der Waals surface area contributed by atoms with Crippen LogP contribution >= 0.6 is 24.8 Å². The van der Waals surface area contributed by atoms with Crippen LogP contribution in [0, 0.1) is 6.08 Å². The summed E-state index contributed by atoms with van der Waals surface area (Å²) in [5, 5.41) is 5.39. The summed E-state index contributed by atoms with van der Waals surface area (Å²) in [5.74, 6) is 0. The fourth-order valence-electron chi connectivity index (χ4n) is 5.24. The summed E-state index contributed by atoms with van der Waals surface area (Å²) in [5.41, 5.74) is 6.84. The largest absolute Gasteiger partial charge is 0.126 e. The summed E-state index contributed by atoms with van der Waals surface area (Å²) in [7, 11) is 0. The van der Waals surface area contributed by atoms with Gasteiger partial charge in [-0.1, -0.05) is 87.4 Å². The molecule has 0 amide bonds. The predicted molar refractivity (Wildman–Crippen MR) is 193 cm³/mol. The van der Waals surface area contributed by atoms with Crippen LogP contribution < -0.4 is 0 Å². The monoisotopic (exact) mass is 690 g/mol. The van der Waals surface area contributed by atoms with Gasteiger partial charge < -0.3 is 0 Å². The number of benzene rings is 5. The van der Waals surface area contributed by atoms with Crippen LogP contribution in [0.5, 0.6) is 0 Å². The third-order valence-corrected chi connectivity index (χ3v) is 8.79. The minimum Gasteiger partial charge on any atom is -0.126 e. The van der Waals surface area contributed by atoms with Crippen molar-refractivity contribution in [2.45, 2.75) is 32.6 Å². The maximum atomic E-state index is 3.39. The van der Waals surface area contributed by atoms with Gasteiger partial charge in [-0.05, 0) is 5.41 Å². The zero-order chi connectivity index (χ0) is 29.4. The number of rotatable bonds is 3. The van der Waals surface area contributed by atoms with E-state index in [0.717, 1.165) is 6.42 Å². The van der Waals surface area contributed by atoms with Crippen LogP contribution in [-0.4, -0.2) is 3.21 Å². The van der Waals surface area contributed by atoms with Crippen molar-refractivity contribution in [3.05, 3.63) is 180 Å². The van der Waals surface area contributed by atoms with Gasteiger partial charge in [0.25, 0.3) is 0 Å². The zero-order valence-corrected chi connectivity index (χ0v) is 29.5. The average Bonchev–Trinajstić information content (AvgIpc) is 3.71. The Labute approximate surface area is 290 Å². The molecule has 1 aliphatic carbocycles. The van der Waals surface area contributed by atoms with Crippen LogP contribution in [0.15, 0.2) is 152 Å². The fourth-order valence-corrected chi connectivity index (χ4v) is 6.06. The minimum atomic E-state index is 0. The first-order chi connectivity index (χ1) is 20.4. The van der Waals surface area contributed by atoms with E-state index in [9.17, 15) is 0 Å². The van der Waals surface area contributed by atoms with Gasteiger partial charge in [0.1, 0.15) is 0 Å². The molecule has 0 aromatic heterocycles. The second kappa shape index (κ2) is 16.7. The smallest absolute Gasteiger partial charge is 0.0771 e. The normalized spacial score (nSPS) is 11.7. The van der Waals surface area contributed by atoms with Crippen LogP contribution in [0.3, 0.4) is 0 Å². The average molecular weight is 693 g/mol. The van der Waals surface area contributed by atoms with E-state index in [1.54, 1.807) is 0 Å². The molecule has 0 bridgehead atoms. The molecule has 0 saturated heterocycles. The molecule has 1 aliphatic rings. The Hall–Kier alpha value is -3.22. The third-order valence-electron chi connectivity index (χ3n) is 7.37. The Kier molecular flexibility index (Phi) is 13.4. The third kappa shape index (κ3) is 8.92. The van der Waals surface area contributed by atoms with Crippen molar-refractivity contribution in [3.63, 3.8) is 0 Å². The van der Waals surface area contributed by atoms with E-state index in [1.165, 1.54) is 76.8 Å². The van der Waals surface area contributed by atoms with Crippen LogP contribution in [0.25, 0.3) is 27.1 Å². The Morgan fingerprint density at radius 1 is 0.614 bits per heavy atom. The maximum Gasteiger partial charge on any atom is -0.0771 e. The first-order valence-electron chi connectivity index (χ1n) is 14.5. The van der Waals surface area contributed by atoms with Crippen LogP contribution in [0.1, 0.15) is 49.4 Å². The van der Waals surface area contributed by atoms with Crippen LogP contribution in [0.4, 0.5) is 0 Å². The van der Waals surface area contributed by atoms with Crippen molar-refractivity contribution in [1.82, 2.24) is 0 Å². The molecule has 0 heterocycles. The van der Waals surface area contributed by atoms with Crippen molar-refractivity contribution in [3.8, 4) is 0 Å². The van der Waals surface area contributed by atoms with Gasteiger partial charge in [-0.2, -0.15) is 17.7 Å². The topological polar surface area (TPSA) is 0 Å². The van der Waals surface area contributed by atoms with Crippen molar-refractivity contribution < 1.29 is 24.2 Å². The molecule has 0 nitrogen and oxygen atoms in total. The molecule has 0 saturated carbocycles. The molecule has 6 aromatic rings. The number of fused-ring (bicyclic) bond motifs is 3. The quantitative estimate of drug-likeness (QED) is 0.162. The summed E-state index contributed by atoms with van der Waals surface area (Å²) in [4.78, 5) is 0. The number of allylic oxidation sites excluding steroid dienone is 4. The van der Waals surface area contributed by atoms with E-state index in [1.807, 2.05) is 0 Å². The SMILES string of the molecule is CC(C)(C)c1ccccc1C1=[C-]CC=C1.Cl.Cl.[Zr+2]=[C](c1ccccc1)c1ccccc1.c1ccc2c(c1)[cH-]c1ccccc12. The predicted octanol–water partition coefficient (Wildman–Crippen LogP) is 11.5. The molecule has 0 fully saturated rings. The van der Waals surface area contributed by atoms with E-state index >= 15 is 0 Å². The van der Waals surface area contributed by atoms with E-state index in [4.69, 9.17) is 0 Å². The molecule has 0 spiro atoms. The van der Waals surface area contributed by atoms with Gasteiger partial charge in [0.2, 0.25) is 0 Å². The van der Waals surface area contributed by atoms with E-state index < -0.39 is 0 Å². The van der Waals surface area contributed by atoms with Gasteiger partial charge in [-0.25, -0.2) is 0 Å². The Balaban J connectivity index is 0.000000177. The summed E-state index contributed by atoms with van der Waals surface area (Å²) < 4.78 is 1.42. The van der Waals surface area contributed by atoms with E-state index in [-0.39, 0.29) is 30.2 Å².